The molecule has 0 atom stereocenters. The molecule has 3 heterocycles. The van der Waals surface area contributed by atoms with Crippen molar-refractivity contribution in [1.29, 1.82) is 0 Å². The zero-order chi connectivity index (χ0) is 23.7. The fourth-order valence-electron chi connectivity index (χ4n) is 4.06. The van der Waals surface area contributed by atoms with E-state index in [4.69, 9.17) is 9.47 Å². The molecular formula is C26H23N3O4S. The van der Waals surface area contributed by atoms with E-state index in [9.17, 15) is 9.59 Å². The molecule has 5 rings (SSSR count). The zero-order valence-electron chi connectivity index (χ0n) is 18.8. The minimum Gasteiger partial charge on any atom is -0.497 e. The number of methoxy groups -OCH3 is 2. The van der Waals surface area contributed by atoms with Gasteiger partial charge in [-0.3, -0.25) is 9.59 Å². The molecular weight excluding hydrogens is 450 g/mol. The lowest BCUT2D eigenvalue weighted by molar-refractivity contribution is 0.0983. The van der Waals surface area contributed by atoms with E-state index < -0.39 is 0 Å². The smallest absolute Gasteiger partial charge is 0.259 e. The van der Waals surface area contributed by atoms with Gasteiger partial charge >= 0.3 is 0 Å². The Morgan fingerprint density at radius 1 is 0.971 bits per heavy atom. The van der Waals surface area contributed by atoms with Crippen molar-refractivity contribution in [1.82, 2.24) is 4.57 Å². The number of aromatic nitrogens is 1. The molecule has 0 saturated carbocycles. The summed E-state index contributed by atoms with van der Waals surface area (Å²) in [5.74, 6) is 0.630. The van der Waals surface area contributed by atoms with E-state index in [1.54, 1.807) is 60.9 Å². The van der Waals surface area contributed by atoms with E-state index in [1.807, 2.05) is 34.7 Å². The molecule has 7 nitrogen and oxygen atoms in total. The molecule has 4 aromatic rings. The average molecular weight is 474 g/mol. The van der Waals surface area contributed by atoms with Crippen LogP contribution in [0.1, 0.15) is 31.3 Å². The minimum absolute atomic E-state index is 0.0796. The van der Waals surface area contributed by atoms with Crippen molar-refractivity contribution in [3.8, 4) is 11.5 Å². The predicted octanol–water partition coefficient (Wildman–Crippen LogP) is 5.03. The van der Waals surface area contributed by atoms with Crippen LogP contribution in [0.4, 0.5) is 11.4 Å². The average Bonchev–Trinajstić information content (AvgIpc) is 3.49. The van der Waals surface area contributed by atoms with E-state index in [2.05, 4.69) is 9.88 Å². The van der Waals surface area contributed by atoms with E-state index in [0.717, 1.165) is 22.8 Å². The van der Waals surface area contributed by atoms with Crippen LogP contribution >= 0.6 is 11.3 Å². The van der Waals surface area contributed by atoms with Gasteiger partial charge in [-0.2, -0.15) is 0 Å². The Hall–Kier alpha value is -4.04. The largest absolute Gasteiger partial charge is 0.497 e. The highest BCUT2D eigenvalue weighted by Gasteiger charge is 2.25. The van der Waals surface area contributed by atoms with Crippen LogP contribution in [0.5, 0.6) is 11.5 Å². The first-order chi connectivity index (χ1) is 16.6. The summed E-state index contributed by atoms with van der Waals surface area (Å²) in [6.45, 7) is 1.27. The lowest BCUT2D eigenvalue weighted by Gasteiger charge is -2.21. The van der Waals surface area contributed by atoms with Gasteiger partial charge in [-0.15, -0.1) is 11.3 Å². The molecule has 0 unspecified atom stereocenters. The third kappa shape index (κ3) is 4.04. The standard InChI is InChI=1S/C26H23N3O4S/c1-32-20-9-10-21(23(14-20)33-2)25(30)27-18-7-5-17(6-8-18)26(31)29-15-19-4-3-12-28(19)16-24-22(29)11-13-34-24/h3-14H,15-16H2,1-2H3,(H,27,30). The van der Waals surface area contributed by atoms with Crippen molar-refractivity contribution >= 4 is 34.5 Å². The number of carbonyl (C=O) groups is 2. The maximum Gasteiger partial charge on any atom is 0.259 e. The van der Waals surface area contributed by atoms with Crippen LogP contribution in [0.2, 0.25) is 0 Å². The van der Waals surface area contributed by atoms with Gasteiger partial charge in [0.15, 0.2) is 0 Å². The summed E-state index contributed by atoms with van der Waals surface area (Å²) < 4.78 is 12.7. The number of nitrogens with zero attached hydrogens (tertiary/aromatic N) is 2. The van der Waals surface area contributed by atoms with Crippen LogP contribution in [-0.4, -0.2) is 30.6 Å². The molecule has 0 saturated heterocycles. The molecule has 34 heavy (non-hydrogen) atoms. The first kappa shape index (κ1) is 21.8. The topological polar surface area (TPSA) is 72.8 Å². The first-order valence-corrected chi connectivity index (χ1v) is 11.6. The van der Waals surface area contributed by atoms with E-state index in [0.29, 0.717) is 34.9 Å². The third-order valence-electron chi connectivity index (χ3n) is 5.86. The molecule has 0 bridgehead atoms. The second-order valence-electron chi connectivity index (χ2n) is 7.85. The predicted molar refractivity (Wildman–Crippen MR) is 132 cm³/mol. The number of hydrogen-bond acceptors (Lipinski definition) is 5. The minimum atomic E-state index is -0.310. The van der Waals surface area contributed by atoms with Gasteiger partial charge < -0.3 is 24.3 Å². The first-order valence-electron chi connectivity index (χ1n) is 10.7. The van der Waals surface area contributed by atoms with Crippen LogP contribution in [0.3, 0.4) is 0 Å². The summed E-state index contributed by atoms with van der Waals surface area (Å²) in [5.41, 5.74) is 3.57. The van der Waals surface area contributed by atoms with Crippen LogP contribution in [-0.2, 0) is 13.1 Å². The molecule has 2 aromatic carbocycles. The summed E-state index contributed by atoms with van der Waals surface area (Å²) in [4.78, 5) is 29.2. The Bertz CT molecular complexity index is 1360. The molecule has 2 amide bonds. The van der Waals surface area contributed by atoms with Gasteiger partial charge in [0.05, 0.1) is 38.6 Å². The van der Waals surface area contributed by atoms with Crippen molar-refractivity contribution in [2.24, 2.45) is 0 Å². The van der Waals surface area contributed by atoms with Gasteiger partial charge in [-0.05, 0) is 60.0 Å². The van der Waals surface area contributed by atoms with Gasteiger partial charge in [-0.1, -0.05) is 0 Å². The van der Waals surface area contributed by atoms with E-state index >= 15 is 0 Å². The van der Waals surface area contributed by atoms with E-state index in [1.165, 1.54) is 7.11 Å². The number of fused-ring (bicyclic) bond motifs is 2. The Morgan fingerprint density at radius 2 is 1.79 bits per heavy atom. The highest BCUT2D eigenvalue weighted by Crippen LogP contribution is 2.33. The summed E-state index contributed by atoms with van der Waals surface area (Å²) in [7, 11) is 3.06. The number of carbonyl (C=O) groups excluding carboxylic acids is 2. The second-order valence-corrected chi connectivity index (χ2v) is 8.85. The lowest BCUT2D eigenvalue weighted by atomic mass is 10.1. The molecule has 8 heteroatoms. The van der Waals surface area contributed by atoms with E-state index in [-0.39, 0.29) is 11.8 Å². The Kier molecular flexibility index (Phi) is 5.81. The SMILES string of the molecule is COc1ccc(C(=O)Nc2ccc(C(=O)N3Cc4cccn4Cc4sccc43)cc2)c(OC)c1. The van der Waals surface area contributed by atoms with Gasteiger partial charge in [0.2, 0.25) is 0 Å². The Labute approximate surface area is 201 Å². The van der Waals surface area contributed by atoms with Crippen molar-refractivity contribution in [3.63, 3.8) is 0 Å². The fourth-order valence-corrected chi connectivity index (χ4v) is 4.93. The summed E-state index contributed by atoms with van der Waals surface area (Å²) in [6.07, 6.45) is 2.04. The lowest BCUT2D eigenvalue weighted by Crippen LogP contribution is -2.30. The van der Waals surface area contributed by atoms with Gasteiger partial charge in [0.25, 0.3) is 11.8 Å². The third-order valence-corrected chi connectivity index (χ3v) is 6.75. The number of nitrogens with one attached hydrogen (secondary N) is 1. The highest BCUT2D eigenvalue weighted by atomic mass is 32.1. The van der Waals surface area contributed by atoms with Gasteiger partial charge in [0, 0.05) is 34.1 Å². The van der Waals surface area contributed by atoms with Gasteiger partial charge in [-0.25, -0.2) is 0 Å². The van der Waals surface area contributed by atoms with Crippen molar-refractivity contribution < 1.29 is 19.1 Å². The van der Waals surface area contributed by atoms with Crippen LogP contribution in [0.15, 0.2) is 72.2 Å². The number of hydrogen-bond donors (Lipinski definition) is 1. The molecule has 0 aliphatic carbocycles. The summed E-state index contributed by atoms with van der Waals surface area (Å²) in [5, 5.41) is 4.88. The van der Waals surface area contributed by atoms with Crippen LogP contribution in [0.25, 0.3) is 0 Å². The number of thiophene rings is 1. The quantitative estimate of drug-likeness (QED) is 0.441. The fraction of sp³-hybridized carbons (Fsp3) is 0.154. The number of anilines is 2. The molecule has 1 aliphatic heterocycles. The highest BCUT2D eigenvalue weighted by molar-refractivity contribution is 7.10. The van der Waals surface area contributed by atoms with Crippen LogP contribution < -0.4 is 19.7 Å². The zero-order valence-corrected chi connectivity index (χ0v) is 19.6. The molecule has 0 radical (unpaired) electrons. The molecule has 172 valence electrons. The molecule has 1 aliphatic rings. The van der Waals surface area contributed by atoms with Crippen molar-refractivity contribution in [2.75, 3.05) is 24.4 Å². The maximum atomic E-state index is 13.4. The van der Waals surface area contributed by atoms with Crippen LogP contribution in [0, 0.1) is 0 Å². The molecule has 0 fully saturated rings. The Morgan fingerprint density at radius 3 is 2.56 bits per heavy atom. The van der Waals surface area contributed by atoms with Crippen molar-refractivity contribution in [3.05, 3.63) is 93.9 Å². The number of benzene rings is 2. The number of amides is 2. The second kappa shape index (κ2) is 9.07. The molecule has 1 N–H and O–H groups in total. The van der Waals surface area contributed by atoms with Gasteiger partial charge in [0.1, 0.15) is 11.5 Å². The monoisotopic (exact) mass is 473 g/mol. The Balaban J connectivity index is 1.35. The number of ether oxygens (including phenoxy) is 2. The molecule has 2 aromatic heterocycles. The number of rotatable bonds is 5. The summed E-state index contributed by atoms with van der Waals surface area (Å²) >= 11 is 1.65. The van der Waals surface area contributed by atoms with Crippen molar-refractivity contribution in [2.45, 2.75) is 13.1 Å². The normalized spacial score (nSPS) is 12.4. The summed E-state index contributed by atoms with van der Waals surface area (Å²) in [6, 6.07) is 18.0. The molecule has 0 spiro atoms. The maximum absolute atomic E-state index is 13.4.